The molecule has 98 valence electrons. The highest BCUT2D eigenvalue weighted by atomic mass is 16.4. The van der Waals surface area contributed by atoms with Crippen molar-refractivity contribution in [2.75, 3.05) is 13.1 Å². The lowest BCUT2D eigenvalue weighted by Crippen LogP contribution is -2.40. The summed E-state index contributed by atoms with van der Waals surface area (Å²) in [5, 5.41) is 14.1. The second-order valence-corrected chi connectivity index (χ2v) is 5.12. The standard InChI is InChI=1S/C12H22N2O3/c1-3-12(4-5-12)8-14-11(17)13-7-9(2)6-10(15)16/h9H,3-8H2,1-2H3,(H,15,16)(H2,13,14,17). The van der Waals surface area contributed by atoms with Crippen molar-refractivity contribution in [2.45, 2.75) is 39.5 Å². The Kier molecular flexibility index (Phi) is 4.78. The maximum atomic E-state index is 11.5. The highest BCUT2D eigenvalue weighted by Gasteiger charge is 2.40. The van der Waals surface area contributed by atoms with E-state index in [2.05, 4.69) is 17.6 Å². The summed E-state index contributed by atoms with van der Waals surface area (Å²) >= 11 is 0. The van der Waals surface area contributed by atoms with Gasteiger partial charge in [-0.15, -0.1) is 0 Å². The highest BCUT2D eigenvalue weighted by Crippen LogP contribution is 2.47. The molecule has 0 aromatic rings. The molecule has 3 N–H and O–H groups in total. The summed E-state index contributed by atoms with van der Waals surface area (Å²) in [5.74, 6) is -0.873. The van der Waals surface area contributed by atoms with Gasteiger partial charge in [0.25, 0.3) is 0 Å². The normalized spacial score (nSPS) is 18.2. The van der Waals surface area contributed by atoms with Gasteiger partial charge in [-0.25, -0.2) is 4.79 Å². The number of aliphatic carboxylic acids is 1. The summed E-state index contributed by atoms with van der Waals surface area (Å²) in [4.78, 5) is 21.9. The topological polar surface area (TPSA) is 78.4 Å². The third-order valence-electron chi connectivity index (χ3n) is 3.47. The zero-order valence-corrected chi connectivity index (χ0v) is 10.6. The van der Waals surface area contributed by atoms with Gasteiger partial charge in [-0.2, -0.15) is 0 Å². The summed E-state index contributed by atoms with van der Waals surface area (Å²) < 4.78 is 0. The molecule has 1 saturated carbocycles. The minimum atomic E-state index is -0.831. The van der Waals surface area contributed by atoms with Gasteiger partial charge in [0, 0.05) is 19.5 Å². The molecule has 0 radical (unpaired) electrons. The Balaban J connectivity index is 2.11. The number of urea groups is 1. The second-order valence-electron chi connectivity index (χ2n) is 5.12. The molecule has 0 heterocycles. The first-order valence-electron chi connectivity index (χ1n) is 6.21. The van der Waals surface area contributed by atoms with E-state index in [1.165, 1.54) is 12.8 Å². The first-order chi connectivity index (χ1) is 7.97. The van der Waals surface area contributed by atoms with Crippen LogP contribution < -0.4 is 10.6 Å². The van der Waals surface area contributed by atoms with Crippen molar-refractivity contribution in [1.29, 1.82) is 0 Å². The first-order valence-corrected chi connectivity index (χ1v) is 6.21. The summed E-state index contributed by atoms with van der Waals surface area (Å²) in [5.41, 5.74) is 0.337. The molecule has 0 saturated heterocycles. The van der Waals surface area contributed by atoms with E-state index in [1.807, 2.05) is 6.92 Å². The van der Waals surface area contributed by atoms with Gasteiger partial charge in [-0.3, -0.25) is 4.79 Å². The zero-order valence-electron chi connectivity index (χ0n) is 10.6. The maximum absolute atomic E-state index is 11.5. The van der Waals surface area contributed by atoms with Gasteiger partial charge < -0.3 is 15.7 Å². The predicted octanol–water partition coefficient (Wildman–Crippen LogP) is 1.59. The Labute approximate surface area is 102 Å². The molecule has 0 aliphatic heterocycles. The Morgan fingerprint density at radius 3 is 2.47 bits per heavy atom. The summed E-state index contributed by atoms with van der Waals surface area (Å²) in [6.07, 6.45) is 3.57. The lowest BCUT2D eigenvalue weighted by atomic mass is 10.0. The van der Waals surface area contributed by atoms with Crippen LogP contribution in [-0.2, 0) is 4.79 Å². The van der Waals surface area contributed by atoms with E-state index >= 15 is 0 Å². The van der Waals surface area contributed by atoms with Gasteiger partial charge in [-0.1, -0.05) is 13.8 Å². The van der Waals surface area contributed by atoms with Crippen LogP contribution in [0.3, 0.4) is 0 Å². The molecule has 1 aliphatic carbocycles. The van der Waals surface area contributed by atoms with Gasteiger partial charge in [0.2, 0.25) is 0 Å². The third kappa shape index (κ3) is 5.06. The van der Waals surface area contributed by atoms with Crippen LogP contribution in [0.1, 0.15) is 39.5 Å². The monoisotopic (exact) mass is 242 g/mol. The van der Waals surface area contributed by atoms with E-state index in [1.54, 1.807) is 0 Å². The van der Waals surface area contributed by atoms with Crippen LogP contribution in [0.4, 0.5) is 4.79 Å². The van der Waals surface area contributed by atoms with Gasteiger partial charge in [0.05, 0.1) is 0 Å². The van der Waals surface area contributed by atoms with E-state index in [4.69, 9.17) is 5.11 Å². The van der Waals surface area contributed by atoms with Crippen LogP contribution in [-0.4, -0.2) is 30.2 Å². The summed E-state index contributed by atoms with van der Waals surface area (Å²) in [7, 11) is 0. The van der Waals surface area contributed by atoms with E-state index in [-0.39, 0.29) is 18.4 Å². The molecule has 2 amide bonds. The van der Waals surface area contributed by atoms with Crippen molar-refractivity contribution in [3.05, 3.63) is 0 Å². The molecule has 1 fully saturated rings. The van der Waals surface area contributed by atoms with Crippen molar-refractivity contribution >= 4 is 12.0 Å². The molecule has 5 heteroatoms. The number of hydrogen-bond donors (Lipinski definition) is 3. The third-order valence-corrected chi connectivity index (χ3v) is 3.47. The van der Waals surface area contributed by atoms with Gasteiger partial charge >= 0.3 is 12.0 Å². The smallest absolute Gasteiger partial charge is 0.314 e. The number of nitrogens with one attached hydrogen (secondary N) is 2. The summed E-state index contributed by atoms with van der Waals surface area (Å²) in [6.45, 7) is 5.07. The average Bonchev–Trinajstić information content (AvgIpc) is 3.03. The minimum absolute atomic E-state index is 0.0423. The molecule has 1 aliphatic rings. The second kappa shape index (κ2) is 5.89. The number of carboxylic acids is 1. The molecule has 5 nitrogen and oxygen atoms in total. The largest absolute Gasteiger partial charge is 0.481 e. The van der Waals surface area contributed by atoms with E-state index < -0.39 is 5.97 Å². The lowest BCUT2D eigenvalue weighted by molar-refractivity contribution is -0.137. The van der Waals surface area contributed by atoms with Gasteiger partial charge in [0.15, 0.2) is 0 Å². The fourth-order valence-electron chi connectivity index (χ4n) is 1.80. The number of carboxylic acid groups (broad SMARTS) is 1. The average molecular weight is 242 g/mol. The van der Waals surface area contributed by atoms with Crippen molar-refractivity contribution in [3.8, 4) is 0 Å². The van der Waals surface area contributed by atoms with Crippen LogP contribution in [0.15, 0.2) is 0 Å². The maximum Gasteiger partial charge on any atom is 0.314 e. The number of hydrogen-bond acceptors (Lipinski definition) is 2. The fourth-order valence-corrected chi connectivity index (χ4v) is 1.80. The van der Waals surface area contributed by atoms with Crippen molar-refractivity contribution in [1.82, 2.24) is 10.6 Å². The van der Waals surface area contributed by atoms with Crippen LogP contribution >= 0.6 is 0 Å². The number of rotatable bonds is 7. The van der Waals surface area contributed by atoms with Crippen molar-refractivity contribution < 1.29 is 14.7 Å². The molecule has 1 rings (SSSR count). The molecule has 0 aromatic carbocycles. The Hall–Kier alpha value is -1.26. The Morgan fingerprint density at radius 2 is 2.00 bits per heavy atom. The molecule has 0 bridgehead atoms. The molecule has 1 unspecified atom stereocenters. The molecule has 0 aromatic heterocycles. The van der Waals surface area contributed by atoms with Gasteiger partial charge in [0.1, 0.15) is 0 Å². The molecule has 0 spiro atoms. The predicted molar refractivity (Wildman–Crippen MR) is 64.8 cm³/mol. The highest BCUT2D eigenvalue weighted by molar-refractivity contribution is 5.74. The summed E-state index contributed by atoms with van der Waals surface area (Å²) in [6, 6.07) is -0.193. The van der Waals surface area contributed by atoms with Crippen LogP contribution in [0.25, 0.3) is 0 Å². The Bertz CT molecular complexity index is 287. The van der Waals surface area contributed by atoms with E-state index in [9.17, 15) is 9.59 Å². The molecule has 17 heavy (non-hydrogen) atoms. The number of amides is 2. The van der Waals surface area contributed by atoms with Crippen LogP contribution in [0.5, 0.6) is 0 Å². The number of carbonyl (C=O) groups is 2. The van der Waals surface area contributed by atoms with Crippen molar-refractivity contribution in [3.63, 3.8) is 0 Å². The fraction of sp³-hybridized carbons (Fsp3) is 0.833. The minimum Gasteiger partial charge on any atom is -0.481 e. The molecular weight excluding hydrogens is 220 g/mol. The van der Waals surface area contributed by atoms with Crippen LogP contribution in [0, 0.1) is 11.3 Å². The van der Waals surface area contributed by atoms with E-state index in [0.717, 1.165) is 13.0 Å². The quantitative estimate of drug-likeness (QED) is 0.634. The molecule has 1 atom stereocenters. The van der Waals surface area contributed by atoms with Crippen LogP contribution in [0.2, 0.25) is 0 Å². The van der Waals surface area contributed by atoms with Crippen molar-refractivity contribution in [2.24, 2.45) is 11.3 Å². The Morgan fingerprint density at radius 1 is 1.35 bits per heavy atom. The molecular formula is C12H22N2O3. The number of carbonyl (C=O) groups excluding carboxylic acids is 1. The van der Waals surface area contributed by atoms with Gasteiger partial charge in [-0.05, 0) is 30.6 Å². The zero-order chi connectivity index (χ0) is 12.9. The lowest BCUT2D eigenvalue weighted by Gasteiger charge is -2.15. The SMILES string of the molecule is CCC1(CNC(=O)NCC(C)CC(=O)O)CC1. The first kappa shape index (κ1) is 13.8. The van der Waals surface area contributed by atoms with E-state index in [0.29, 0.717) is 12.0 Å².